The molecule has 0 fully saturated rings. The number of carbonyl (C=O) groups excluding carboxylic acids is 2. The molecule has 6 heteroatoms. The van der Waals surface area contributed by atoms with Crippen LogP contribution in [0.2, 0.25) is 0 Å². The molecular formula is C14H14N3O3. The molecule has 2 N–H and O–H groups in total. The van der Waals surface area contributed by atoms with E-state index in [9.17, 15) is 9.59 Å². The summed E-state index contributed by atoms with van der Waals surface area (Å²) in [5.41, 5.74) is 0.683. The van der Waals surface area contributed by atoms with Crippen molar-refractivity contribution in [1.29, 1.82) is 0 Å². The minimum absolute atomic E-state index is 0.150. The quantitative estimate of drug-likeness (QED) is 0.774. The van der Waals surface area contributed by atoms with Gasteiger partial charge in [-0.3, -0.25) is 9.59 Å². The second kappa shape index (κ2) is 7.08. The summed E-state index contributed by atoms with van der Waals surface area (Å²) in [6.45, 7) is -0.150. The van der Waals surface area contributed by atoms with Gasteiger partial charge in [-0.15, -0.1) is 0 Å². The number of imidazole rings is 1. The number of benzene rings is 1. The molecule has 20 heavy (non-hydrogen) atoms. The largest absolute Gasteiger partial charge is 0.484 e. The lowest BCUT2D eigenvalue weighted by molar-refractivity contribution is -0.123. The SMILES string of the molecule is O=[C]C(Cc1c[nH]cn1)NC(=O)COc1ccccc1. The number of amides is 1. The molecule has 2 aromatic rings. The van der Waals surface area contributed by atoms with E-state index in [1.807, 2.05) is 18.2 Å². The first kappa shape index (κ1) is 13.8. The molecule has 0 saturated carbocycles. The highest BCUT2D eigenvalue weighted by Crippen LogP contribution is 2.07. The van der Waals surface area contributed by atoms with E-state index >= 15 is 0 Å². The van der Waals surface area contributed by atoms with Crippen LogP contribution in [0.1, 0.15) is 5.69 Å². The summed E-state index contributed by atoms with van der Waals surface area (Å²) in [6.07, 6.45) is 5.25. The molecule has 0 aliphatic heterocycles. The normalized spacial score (nSPS) is 11.6. The summed E-state index contributed by atoms with van der Waals surface area (Å²) in [7, 11) is 0. The number of carbonyl (C=O) groups is 1. The second-order valence-electron chi connectivity index (χ2n) is 4.10. The van der Waals surface area contributed by atoms with Gasteiger partial charge in [0.15, 0.2) is 6.61 Å². The number of nitrogens with one attached hydrogen (secondary N) is 2. The van der Waals surface area contributed by atoms with Crippen LogP contribution in [-0.2, 0) is 16.0 Å². The topological polar surface area (TPSA) is 84.1 Å². The van der Waals surface area contributed by atoms with Gasteiger partial charge in [-0.25, -0.2) is 4.98 Å². The van der Waals surface area contributed by atoms with Crippen molar-refractivity contribution in [1.82, 2.24) is 15.3 Å². The van der Waals surface area contributed by atoms with Crippen molar-refractivity contribution in [2.24, 2.45) is 0 Å². The first-order valence-corrected chi connectivity index (χ1v) is 6.10. The monoisotopic (exact) mass is 272 g/mol. The average molecular weight is 272 g/mol. The minimum Gasteiger partial charge on any atom is -0.484 e. The lowest BCUT2D eigenvalue weighted by atomic mass is 10.2. The molecule has 2 rings (SSSR count). The first-order valence-electron chi connectivity index (χ1n) is 6.10. The lowest BCUT2D eigenvalue weighted by Gasteiger charge is -2.11. The van der Waals surface area contributed by atoms with Crippen molar-refractivity contribution in [2.45, 2.75) is 12.5 Å². The third-order valence-electron chi connectivity index (χ3n) is 2.56. The van der Waals surface area contributed by atoms with Crippen molar-refractivity contribution in [3.05, 3.63) is 48.5 Å². The van der Waals surface area contributed by atoms with E-state index in [1.54, 1.807) is 24.6 Å². The Labute approximate surface area is 116 Å². The van der Waals surface area contributed by atoms with Crippen LogP contribution in [0.5, 0.6) is 5.75 Å². The smallest absolute Gasteiger partial charge is 0.258 e. The Morgan fingerprint density at radius 1 is 1.40 bits per heavy atom. The summed E-state index contributed by atoms with van der Waals surface area (Å²) >= 11 is 0. The molecule has 0 bridgehead atoms. The summed E-state index contributed by atoms with van der Waals surface area (Å²) in [5, 5.41) is 2.53. The molecule has 0 spiro atoms. The van der Waals surface area contributed by atoms with Crippen LogP contribution < -0.4 is 10.1 Å². The van der Waals surface area contributed by atoms with Gasteiger partial charge in [0.1, 0.15) is 11.8 Å². The third kappa shape index (κ3) is 4.24. The Kier molecular flexibility index (Phi) is 4.88. The first-order chi connectivity index (χ1) is 9.78. The number of H-pyrrole nitrogens is 1. The molecule has 0 aliphatic carbocycles. The zero-order valence-corrected chi connectivity index (χ0v) is 10.7. The molecule has 1 atom stereocenters. The Balaban J connectivity index is 1.79. The lowest BCUT2D eigenvalue weighted by Crippen LogP contribution is -2.40. The van der Waals surface area contributed by atoms with Crippen LogP contribution in [-0.4, -0.2) is 34.8 Å². The summed E-state index contributed by atoms with van der Waals surface area (Å²) in [6, 6.07) is 8.25. The van der Waals surface area contributed by atoms with Crippen molar-refractivity contribution in [3.63, 3.8) is 0 Å². The van der Waals surface area contributed by atoms with Gasteiger partial charge >= 0.3 is 0 Å². The van der Waals surface area contributed by atoms with E-state index in [-0.39, 0.29) is 12.5 Å². The zero-order chi connectivity index (χ0) is 14.2. The summed E-state index contributed by atoms with van der Waals surface area (Å²) in [4.78, 5) is 29.3. The number of ether oxygens (including phenoxy) is 1. The van der Waals surface area contributed by atoms with Gasteiger partial charge in [-0.05, 0) is 12.1 Å². The molecule has 1 radical (unpaired) electrons. The Morgan fingerprint density at radius 2 is 2.20 bits per heavy atom. The highest BCUT2D eigenvalue weighted by Gasteiger charge is 2.14. The molecule has 1 amide bonds. The van der Waals surface area contributed by atoms with E-state index in [0.717, 1.165) is 0 Å². The third-order valence-corrected chi connectivity index (χ3v) is 2.56. The molecule has 0 saturated heterocycles. The molecule has 6 nitrogen and oxygen atoms in total. The van der Waals surface area contributed by atoms with E-state index < -0.39 is 6.04 Å². The molecule has 1 unspecified atom stereocenters. The minimum atomic E-state index is -0.731. The van der Waals surface area contributed by atoms with Crippen LogP contribution in [0.4, 0.5) is 0 Å². The average Bonchev–Trinajstić information content (AvgIpc) is 2.98. The fourth-order valence-corrected chi connectivity index (χ4v) is 1.64. The number of nitrogens with zero attached hydrogens (tertiary/aromatic N) is 1. The maximum atomic E-state index is 11.7. The maximum absolute atomic E-state index is 11.7. The maximum Gasteiger partial charge on any atom is 0.258 e. The van der Waals surface area contributed by atoms with Gasteiger partial charge in [-0.1, -0.05) is 18.2 Å². The molecule has 103 valence electrons. The highest BCUT2D eigenvalue weighted by atomic mass is 16.5. The number of aromatic nitrogens is 2. The van der Waals surface area contributed by atoms with Gasteiger partial charge in [0.05, 0.1) is 12.0 Å². The van der Waals surface area contributed by atoms with Crippen molar-refractivity contribution < 1.29 is 14.3 Å². The number of hydrogen-bond donors (Lipinski definition) is 2. The van der Waals surface area contributed by atoms with Crippen molar-refractivity contribution in [2.75, 3.05) is 6.61 Å². The highest BCUT2D eigenvalue weighted by molar-refractivity contribution is 5.81. The number of para-hydroxylation sites is 1. The van der Waals surface area contributed by atoms with Gasteiger partial charge in [0.2, 0.25) is 6.29 Å². The van der Waals surface area contributed by atoms with Gasteiger partial charge in [0, 0.05) is 12.6 Å². The molecular weight excluding hydrogens is 258 g/mol. The van der Waals surface area contributed by atoms with E-state index in [4.69, 9.17) is 4.74 Å². The predicted molar refractivity (Wildman–Crippen MR) is 71.9 cm³/mol. The zero-order valence-electron chi connectivity index (χ0n) is 10.7. The fourth-order valence-electron chi connectivity index (χ4n) is 1.64. The van der Waals surface area contributed by atoms with Crippen LogP contribution in [0.3, 0.4) is 0 Å². The van der Waals surface area contributed by atoms with E-state index in [2.05, 4.69) is 15.3 Å². The number of hydrogen-bond acceptors (Lipinski definition) is 4. The van der Waals surface area contributed by atoms with Crippen LogP contribution in [0.15, 0.2) is 42.9 Å². The molecule has 1 aromatic carbocycles. The van der Waals surface area contributed by atoms with Crippen molar-refractivity contribution >= 4 is 12.2 Å². The summed E-state index contributed by atoms with van der Waals surface area (Å²) < 4.78 is 5.28. The molecule has 1 heterocycles. The molecule has 1 aromatic heterocycles. The Morgan fingerprint density at radius 3 is 2.85 bits per heavy atom. The van der Waals surface area contributed by atoms with Gasteiger partial charge in [0.25, 0.3) is 5.91 Å². The van der Waals surface area contributed by atoms with Crippen LogP contribution in [0.25, 0.3) is 0 Å². The van der Waals surface area contributed by atoms with E-state index in [0.29, 0.717) is 17.9 Å². The van der Waals surface area contributed by atoms with Crippen LogP contribution in [0, 0.1) is 0 Å². The number of rotatable bonds is 7. The van der Waals surface area contributed by atoms with Crippen LogP contribution >= 0.6 is 0 Å². The second-order valence-corrected chi connectivity index (χ2v) is 4.10. The fraction of sp³-hybridized carbons (Fsp3) is 0.214. The number of aromatic amines is 1. The van der Waals surface area contributed by atoms with Crippen molar-refractivity contribution in [3.8, 4) is 5.75 Å². The Hall–Kier alpha value is -2.63. The van der Waals surface area contributed by atoms with Gasteiger partial charge in [-0.2, -0.15) is 0 Å². The summed E-state index contributed by atoms with van der Waals surface area (Å²) in [5.74, 6) is 0.222. The van der Waals surface area contributed by atoms with E-state index in [1.165, 1.54) is 6.33 Å². The molecule has 0 aliphatic rings. The Bertz CT molecular complexity index is 540. The standard InChI is InChI=1S/C14H14N3O3/c18-8-12(6-11-7-15-10-16-11)17-14(19)9-20-13-4-2-1-3-5-13/h1-5,7,10,12H,6,9H2,(H,15,16)(H,17,19). The van der Waals surface area contributed by atoms with Gasteiger partial charge < -0.3 is 15.0 Å². The predicted octanol–water partition coefficient (Wildman–Crippen LogP) is 0.626.